The molecule has 226 valence electrons. The summed E-state index contributed by atoms with van der Waals surface area (Å²) in [6.45, 7) is 3.93. The summed E-state index contributed by atoms with van der Waals surface area (Å²) in [5.74, 6) is -0.667. The summed E-state index contributed by atoms with van der Waals surface area (Å²) in [6.07, 6.45) is 7.66. The van der Waals surface area contributed by atoms with Crippen molar-refractivity contribution in [1.29, 1.82) is 0 Å². The number of amides is 1. The Hall–Kier alpha value is -4.77. The number of aromatic nitrogens is 2. The maximum absolute atomic E-state index is 13.1. The number of ether oxygens (including phenoxy) is 2. The van der Waals surface area contributed by atoms with Crippen LogP contribution >= 0.6 is 0 Å². The number of allylic oxidation sites excluding steroid dienone is 4. The SMILES string of the molecule is CCOC1=NN(c2ccc(S(=O)(=O)O)cc2)C(=O)C1=CC=CC=Cc1c(OCC)nn(-c2ccc(S(=O)(=O)O)cc2)c1O. The second kappa shape index (κ2) is 12.6. The summed E-state index contributed by atoms with van der Waals surface area (Å²) in [5, 5.41) is 20.3. The highest BCUT2D eigenvalue weighted by atomic mass is 32.2. The van der Waals surface area contributed by atoms with Crippen molar-refractivity contribution >= 4 is 43.8 Å². The van der Waals surface area contributed by atoms with Crippen molar-refractivity contribution in [3.63, 3.8) is 0 Å². The maximum Gasteiger partial charge on any atom is 0.294 e. The van der Waals surface area contributed by atoms with Crippen molar-refractivity contribution in [2.45, 2.75) is 23.6 Å². The lowest BCUT2D eigenvalue weighted by molar-refractivity contribution is -0.114. The normalized spacial score (nSPS) is 15.2. The number of carbonyl (C=O) groups excluding carboxylic acids is 1. The molecule has 0 bridgehead atoms. The molecule has 3 aromatic rings. The van der Waals surface area contributed by atoms with Crippen LogP contribution in [-0.4, -0.2) is 65.8 Å². The molecule has 1 aliphatic heterocycles. The monoisotopic (exact) mass is 630 g/mol. The Kier molecular flexibility index (Phi) is 9.15. The first-order valence-electron chi connectivity index (χ1n) is 12.6. The third-order valence-corrected chi connectivity index (χ3v) is 7.51. The summed E-state index contributed by atoms with van der Waals surface area (Å²) in [4.78, 5) is 12.4. The highest BCUT2D eigenvalue weighted by Crippen LogP contribution is 2.32. The van der Waals surface area contributed by atoms with Crippen LogP contribution in [-0.2, 0) is 29.8 Å². The molecule has 0 saturated heterocycles. The van der Waals surface area contributed by atoms with Gasteiger partial charge in [0, 0.05) is 0 Å². The van der Waals surface area contributed by atoms with E-state index in [2.05, 4.69) is 10.2 Å². The first-order chi connectivity index (χ1) is 20.3. The first-order valence-corrected chi connectivity index (χ1v) is 15.4. The van der Waals surface area contributed by atoms with Crippen LogP contribution in [0.5, 0.6) is 11.8 Å². The van der Waals surface area contributed by atoms with E-state index >= 15 is 0 Å². The molecule has 2 aromatic carbocycles. The maximum atomic E-state index is 13.1. The van der Waals surface area contributed by atoms with E-state index < -0.39 is 26.1 Å². The topological polar surface area (TPSA) is 198 Å². The van der Waals surface area contributed by atoms with Crippen LogP contribution in [0.2, 0.25) is 0 Å². The Balaban J connectivity index is 1.56. The predicted molar refractivity (Wildman–Crippen MR) is 155 cm³/mol. The van der Waals surface area contributed by atoms with Gasteiger partial charge < -0.3 is 14.6 Å². The Bertz CT molecular complexity index is 1860. The molecule has 0 atom stereocenters. The number of carbonyl (C=O) groups is 1. The minimum Gasteiger partial charge on any atom is -0.493 e. The lowest BCUT2D eigenvalue weighted by Gasteiger charge is -2.11. The zero-order valence-corrected chi connectivity index (χ0v) is 24.4. The van der Waals surface area contributed by atoms with Gasteiger partial charge in [0.1, 0.15) is 11.1 Å². The summed E-state index contributed by atoms with van der Waals surface area (Å²) in [5.41, 5.74) is 0.922. The average Bonchev–Trinajstić information content (AvgIpc) is 3.43. The van der Waals surface area contributed by atoms with E-state index in [1.165, 1.54) is 36.4 Å². The number of anilines is 1. The molecule has 0 unspecified atom stereocenters. The van der Waals surface area contributed by atoms with Gasteiger partial charge in [0.2, 0.25) is 17.7 Å². The van der Waals surface area contributed by atoms with Gasteiger partial charge in [-0.15, -0.1) is 10.2 Å². The molecule has 1 aromatic heterocycles. The number of benzene rings is 2. The van der Waals surface area contributed by atoms with Gasteiger partial charge in [0.15, 0.2) is 0 Å². The Morgan fingerprint density at radius 1 is 0.814 bits per heavy atom. The Morgan fingerprint density at radius 3 is 1.91 bits per heavy atom. The van der Waals surface area contributed by atoms with E-state index in [0.29, 0.717) is 5.69 Å². The fourth-order valence-corrected chi connectivity index (χ4v) is 4.77. The van der Waals surface area contributed by atoms with E-state index in [9.17, 15) is 35.8 Å². The summed E-state index contributed by atoms with van der Waals surface area (Å²) in [7, 11) is -8.79. The molecule has 1 aliphatic rings. The van der Waals surface area contributed by atoms with Crippen LogP contribution in [0.25, 0.3) is 11.8 Å². The highest BCUT2D eigenvalue weighted by molar-refractivity contribution is 7.86. The average molecular weight is 631 g/mol. The molecule has 2 heterocycles. The third-order valence-electron chi connectivity index (χ3n) is 5.78. The molecule has 1 amide bonds. The molecule has 0 fully saturated rings. The van der Waals surface area contributed by atoms with Crippen molar-refractivity contribution in [3.8, 4) is 17.4 Å². The molecular formula is C27H26N4O10S2. The predicted octanol–water partition coefficient (Wildman–Crippen LogP) is 3.36. The number of hydrogen-bond donors (Lipinski definition) is 3. The fourth-order valence-electron chi connectivity index (χ4n) is 3.81. The number of nitrogens with zero attached hydrogens (tertiary/aromatic N) is 4. The van der Waals surface area contributed by atoms with Crippen molar-refractivity contribution in [2.75, 3.05) is 18.2 Å². The summed E-state index contributed by atoms with van der Waals surface area (Å²) < 4.78 is 75.8. The zero-order valence-electron chi connectivity index (χ0n) is 22.7. The van der Waals surface area contributed by atoms with E-state index in [4.69, 9.17) is 9.47 Å². The molecule has 43 heavy (non-hydrogen) atoms. The third kappa shape index (κ3) is 7.00. The molecule has 3 N–H and O–H groups in total. The van der Waals surface area contributed by atoms with Crippen molar-refractivity contribution in [1.82, 2.24) is 9.78 Å². The number of hydrogen-bond acceptors (Lipinski definition) is 10. The number of aromatic hydroxyl groups is 1. The van der Waals surface area contributed by atoms with Crippen molar-refractivity contribution < 1.29 is 45.3 Å². The van der Waals surface area contributed by atoms with Gasteiger partial charge in [-0.3, -0.25) is 13.9 Å². The van der Waals surface area contributed by atoms with Gasteiger partial charge in [-0.1, -0.05) is 18.2 Å². The molecule has 0 aliphatic carbocycles. The molecule has 4 rings (SSSR count). The lowest BCUT2D eigenvalue weighted by Crippen LogP contribution is -2.21. The van der Waals surface area contributed by atoms with E-state index in [-0.39, 0.29) is 57.5 Å². The van der Waals surface area contributed by atoms with Gasteiger partial charge in [0.05, 0.1) is 34.4 Å². The standard InChI is InChI=1S/C27H26N4O10S2/c1-3-40-24-22(26(32)30(28-24)18-10-14-20(15-11-18)42(34,35)36)8-6-5-7-9-23-25(41-4-2)29-31(27(23)33)19-12-16-21(17-13-19)43(37,38)39/h5-17,32H,3-4H2,1-2H3,(H,34,35,36)(H,37,38,39). The van der Waals surface area contributed by atoms with E-state index in [0.717, 1.165) is 34.0 Å². The van der Waals surface area contributed by atoms with Gasteiger partial charge >= 0.3 is 0 Å². The second-order valence-corrected chi connectivity index (χ2v) is 11.4. The minimum atomic E-state index is -4.40. The Morgan fingerprint density at radius 2 is 1.37 bits per heavy atom. The first kappa shape index (κ1) is 31.2. The van der Waals surface area contributed by atoms with Crippen LogP contribution in [0.1, 0.15) is 19.4 Å². The van der Waals surface area contributed by atoms with Crippen molar-refractivity contribution in [2.24, 2.45) is 5.10 Å². The van der Waals surface area contributed by atoms with Gasteiger partial charge in [0.25, 0.3) is 26.1 Å². The fraction of sp³-hybridized carbons (Fsp3) is 0.148. The van der Waals surface area contributed by atoms with Crippen molar-refractivity contribution in [3.05, 3.63) is 84.0 Å². The second-order valence-electron chi connectivity index (χ2n) is 8.60. The van der Waals surface area contributed by atoms with Crippen LogP contribution in [0.3, 0.4) is 0 Å². The molecule has 0 saturated carbocycles. The van der Waals surface area contributed by atoms with E-state index in [1.807, 2.05) is 0 Å². The summed E-state index contributed by atoms with van der Waals surface area (Å²) >= 11 is 0. The van der Waals surface area contributed by atoms with Crippen LogP contribution in [0.15, 0.2) is 93.3 Å². The number of rotatable bonds is 10. The van der Waals surface area contributed by atoms with Gasteiger partial charge in [-0.25, -0.2) is 0 Å². The Labute approximate surface area is 247 Å². The molecule has 0 radical (unpaired) electrons. The van der Waals surface area contributed by atoms with E-state index in [1.54, 1.807) is 32.1 Å². The van der Waals surface area contributed by atoms with Crippen LogP contribution in [0.4, 0.5) is 5.69 Å². The number of hydrazone groups is 1. The highest BCUT2D eigenvalue weighted by Gasteiger charge is 2.32. The molecule has 0 spiro atoms. The smallest absolute Gasteiger partial charge is 0.294 e. The van der Waals surface area contributed by atoms with Gasteiger partial charge in [-0.2, -0.15) is 26.5 Å². The minimum absolute atomic E-state index is 0.0533. The van der Waals surface area contributed by atoms with Crippen LogP contribution in [0, 0.1) is 0 Å². The quantitative estimate of drug-likeness (QED) is 0.169. The van der Waals surface area contributed by atoms with Crippen LogP contribution < -0.4 is 9.75 Å². The largest absolute Gasteiger partial charge is 0.493 e. The summed E-state index contributed by atoms with van der Waals surface area (Å²) in [6, 6.07) is 9.96. The molecule has 16 heteroatoms. The molecule has 14 nitrogen and oxygen atoms in total. The lowest BCUT2D eigenvalue weighted by atomic mass is 10.2. The zero-order chi connectivity index (χ0) is 31.4. The van der Waals surface area contributed by atoms with Gasteiger partial charge in [-0.05, 0) is 74.5 Å². The molecular weight excluding hydrogens is 604 g/mol.